The molecule has 0 fully saturated rings. The van der Waals surface area contributed by atoms with Gasteiger partial charge in [-0.1, -0.05) is 43.6 Å². The van der Waals surface area contributed by atoms with Gasteiger partial charge in [0.1, 0.15) is 17.7 Å². The number of anilines is 2. The zero-order valence-electron chi connectivity index (χ0n) is 12.0. The van der Waals surface area contributed by atoms with Gasteiger partial charge in [-0.25, -0.2) is 5.21 Å². The normalized spacial score (nSPS) is 11.6. The van der Waals surface area contributed by atoms with Gasteiger partial charge in [0.05, 0.1) is 5.02 Å². The lowest BCUT2D eigenvalue weighted by molar-refractivity contribution is -0.825. The van der Waals surface area contributed by atoms with E-state index in [1.54, 1.807) is 6.07 Å². The molecule has 5 nitrogen and oxygen atoms in total. The quantitative estimate of drug-likeness (QED) is 0.598. The number of nitrogens with zero attached hydrogens (tertiary/aromatic N) is 2. The van der Waals surface area contributed by atoms with Crippen molar-refractivity contribution in [1.29, 1.82) is 0 Å². The molecule has 1 heterocycles. The number of rotatable bonds is 3. The zero-order valence-corrected chi connectivity index (χ0v) is 12.7. The summed E-state index contributed by atoms with van der Waals surface area (Å²) < 4.78 is 0. The van der Waals surface area contributed by atoms with Gasteiger partial charge in [-0.2, -0.15) is 5.48 Å². The summed E-state index contributed by atoms with van der Waals surface area (Å²) in [6, 6.07) is 11.4. The first-order valence-electron chi connectivity index (χ1n) is 6.80. The third-order valence-corrected chi connectivity index (χ3v) is 3.19. The molecule has 1 aliphatic heterocycles. The number of nitrogens with one attached hydrogen (secondary N) is 1. The Morgan fingerprint density at radius 2 is 1.81 bits per heavy atom. The first kappa shape index (κ1) is 15.4. The summed E-state index contributed by atoms with van der Waals surface area (Å²) >= 11 is 6.18. The van der Waals surface area contributed by atoms with Crippen molar-refractivity contribution in [3.05, 3.63) is 52.1 Å². The van der Waals surface area contributed by atoms with E-state index in [1.165, 1.54) is 0 Å². The molecule has 0 aromatic heterocycles. The Labute approximate surface area is 128 Å². The van der Waals surface area contributed by atoms with E-state index in [-0.39, 0.29) is 0 Å². The van der Waals surface area contributed by atoms with Gasteiger partial charge in [-0.15, -0.1) is 0 Å². The Bertz CT molecular complexity index is 732. The predicted molar refractivity (Wildman–Crippen MR) is 83.1 cm³/mol. The molecule has 2 aromatic carbocycles. The van der Waals surface area contributed by atoms with Crippen LogP contribution >= 0.6 is 11.6 Å². The van der Waals surface area contributed by atoms with E-state index < -0.39 is 0 Å². The molecule has 0 aliphatic carbocycles. The number of para-hydroxylation sites is 1. The molecule has 0 saturated carbocycles. The van der Waals surface area contributed by atoms with Gasteiger partial charge in [0.25, 0.3) is 0 Å². The lowest BCUT2D eigenvalue weighted by Crippen LogP contribution is -2.76. The van der Waals surface area contributed by atoms with Crippen LogP contribution in [0.25, 0.3) is 0 Å². The van der Waals surface area contributed by atoms with E-state index in [9.17, 15) is 5.21 Å². The Kier molecular flexibility index (Phi) is 5.27. The number of quaternary nitrogens is 1. The van der Waals surface area contributed by atoms with Crippen LogP contribution in [0.4, 0.5) is 17.1 Å². The fourth-order valence-corrected chi connectivity index (χ4v) is 2.30. The molecule has 110 valence electrons. The van der Waals surface area contributed by atoms with Crippen molar-refractivity contribution in [2.45, 2.75) is 13.8 Å². The zero-order chi connectivity index (χ0) is 15.2. The van der Waals surface area contributed by atoms with Crippen molar-refractivity contribution in [2.24, 2.45) is 9.98 Å². The number of hydrogen-bond donors (Lipinski definition) is 3. The minimum Gasteiger partial charge on any atom is -0.350 e. The van der Waals surface area contributed by atoms with Crippen molar-refractivity contribution in [1.82, 2.24) is 0 Å². The van der Waals surface area contributed by atoms with Gasteiger partial charge < -0.3 is 5.32 Å². The summed E-state index contributed by atoms with van der Waals surface area (Å²) in [6.45, 7) is 4.35. The Morgan fingerprint density at radius 3 is 2.48 bits per heavy atom. The summed E-state index contributed by atoms with van der Waals surface area (Å²) in [6.07, 6.45) is 0. The second kappa shape index (κ2) is 7.17. The Hall–Kier alpha value is -1.95. The smallest absolute Gasteiger partial charge is 0.213 e. The number of benzene rings is 2. The fourth-order valence-electron chi connectivity index (χ4n) is 2.04. The van der Waals surface area contributed by atoms with Gasteiger partial charge in [-0.3, -0.25) is 9.98 Å². The van der Waals surface area contributed by atoms with E-state index in [1.807, 2.05) is 44.2 Å². The third-order valence-electron chi connectivity index (χ3n) is 2.91. The molecule has 2 aromatic rings. The fraction of sp³-hybridized carbons (Fsp3) is 0.200. The van der Waals surface area contributed by atoms with Crippen molar-refractivity contribution in [3.8, 4) is 0 Å². The molecule has 1 aliphatic rings. The van der Waals surface area contributed by atoms with Crippen LogP contribution in [0.3, 0.4) is 0 Å². The van der Waals surface area contributed by atoms with E-state index in [0.29, 0.717) is 33.8 Å². The third kappa shape index (κ3) is 3.21. The van der Waals surface area contributed by atoms with Gasteiger partial charge in [-0.05, 0) is 18.2 Å². The average Bonchev–Trinajstić information content (AvgIpc) is 3.01. The standard InChI is InChI=1S/C13H11ClN4O.C2H6/c14-9-6-10(17-8-4-2-1-3-5-8)12(18-19)13-11(9)15-7-16-13;1-2/h1-6,17-19H,7H2;1-2H3/p+1. The van der Waals surface area contributed by atoms with Crippen molar-refractivity contribution in [2.75, 3.05) is 12.0 Å². The van der Waals surface area contributed by atoms with Crippen LogP contribution in [0, 0.1) is 0 Å². The highest BCUT2D eigenvalue weighted by Gasteiger charge is 2.16. The Morgan fingerprint density at radius 1 is 1.14 bits per heavy atom. The maximum Gasteiger partial charge on any atom is 0.213 e. The maximum atomic E-state index is 9.44. The van der Waals surface area contributed by atoms with E-state index in [0.717, 1.165) is 11.2 Å². The molecule has 0 atom stereocenters. The van der Waals surface area contributed by atoms with Crippen LogP contribution in [-0.4, -0.2) is 11.9 Å². The van der Waals surface area contributed by atoms with Crippen LogP contribution < -0.4 is 21.5 Å². The largest absolute Gasteiger partial charge is 0.350 e. The summed E-state index contributed by atoms with van der Waals surface area (Å²) in [5.74, 6) is 0. The van der Waals surface area contributed by atoms with Crippen molar-refractivity contribution in [3.63, 3.8) is 0 Å². The second-order valence-electron chi connectivity index (χ2n) is 4.09. The highest BCUT2D eigenvalue weighted by atomic mass is 35.5. The number of halogens is 1. The summed E-state index contributed by atoms with van der Waals surface area (Å²) in [4.78, 5) is 8.45. The lowest BCUT2D eigenvalue weighted by Gasteiger charge is -2.08. The van der Waals surface area contributed by atoms with Crippen LogP contribution in [-0.2, 0) is 0 Å². The number of fused-ring (bicyclic) bond motifs is 1. The number of nitrogens with two attached hydrogens (primary N) is 1. The topological polar surface area (TPSA) is 73.6 Å². The molecular formula is C15H18ClN4O+. The molecule has 0 saturated heterocycles. The van der Waals surface area contributed by atoms with E-state index >= 15 is 0 Å². The summed E-state index contributed by atoms with van der Waals surface area (Å²) in [5.41, 5.74) is 3.25. The second-order valence-corrected chi connectivity index (χ2v) is 4.50. The van der Waals surface area contributed by atoms with Gasteiger partial charge in [0.2, 0.25) is 5.69 Å². The molecule has 0 spiro atoms. The minimum absolute atomic E-state index is 0.352. The predicted octanol–water partition coefficient (Wildman–Crippen LogP) is 1.90. The summed E-state index contributed by atoms with van der Waals surface area (Å²) in [7, 11) is 0. The highest BCUT2D eigenvalue weighted by molar-refractivity contribution is 6.30. The van der Waals surface area contributed by atoms with Crippen LogP contribution in [0.5, 0.6) is 0 Å². The molecule has 0 amide bonds. The van der Waals surface area contributed by atoms with Gasteiger partial charge in [0.15, 0.2) is 5.36 Å². The highest BCUT2D eigenvalue weighted by Crippen LogP contribution is 2.21. The molecule has 0 radical (unpaired) electrons. The van der Waals surface area contributed by atoms with Gasteiger partial charge >= 0.3 is 0 Å². The summed E-state index contributed by atoms with van der Waals surface area (Å²) in [5, 5.41) is 14.5. The Balaban J connectivity index is 0.000000774. The van der Waals surface area contributed by atoms with Crippen molar-refractivity contribution >= 4 is 28.7 Å². The first-order valence-corrected chi connectivity index (χ1v) is 7.18. The lowest BCUT2D eigenvalue weighted by atomic mass is 10.2. The molecule has 6 heteroatoms. The minimum atomic E-state index is 0.352. The molecule has 0 unspecified atom stereocenters. The molecule has 3 rings (SSSR count). The van der Waals surface area contributed by atoms with Crippen LogP contribution in [0.1, 0.15) is 13.8 Å². The average molecular weight is 306 g/mol. The van der Waals surface area contributed by atoms with Crippen LogP contribution in [0.2, 0.25) is 5.02 Å². The molecule has 0 bridgehead atoms. The van der Waals surface area contributed by atoms with E-state index in [2.05, 4.69) is 15.3 Å². The maximum absolute atomic E-state index is 9.44. The molecular weight excluding hydrogens is 288 g/mol. The monoisotopic (exact) mass is 305 g/mol. The first-order chi connectivity index (χ1) is 10.3. The molecule has 21 heavy (non-hydrogen) atoms. The molecule has 4 N–H and O–H groups in total. The van der Waals surface area contributed by atoms with Crippen molar-refractivity contribution < 1.29 is 10.7 Å². The van der Waals surface area contributed by atoms with Gasteiger partial charge in [0, 0.05) is 5.69 Å². The van der Waals surface area contributed by atoms with Crippen LogP contribution in [0.15, 0.2) is 46.4 Å². The SMILES string of the molecule is CC.O[NH2+]c1c(Nc2ccccc2)cc(Cl)c2c1=NCN=2. The van der Waals surface area contributed by atoms with E-state index in [4.69, 9.17) is 11.6 Å². The number of hydrogen-bond acceptors (Lipinski definition) is 4.